The molecule has 5 nitrogen and oxygen atoms in total. The van der Waals surface area contributed by atoms with Crippen molar-refractivity contribution >= 4 is 11.9 Å². The third-order valence-electron chi connectivity index (χ3n) is 8.64. The number of carboxylic acid groups (broad SMARTS) is 1. The molecule has 2 aliphatic rings. The molecule has 2 unspecified atom stereocenters. The minimum Gasteiger partial charge on any atom is -0.481 e. The maximum atomic E-state index is 13.8. The van der Waals surface area contributed by atoms with Crippen molar-refractivity contribution in [1.82, 2.24) is 9.80 Å². The third-order valence-corrected chi connectivity index (χ3v) is 8.64. The van der Waals surface area contributed by atoms with E-state index in [4.69, 9.17) is 0 Å². The highest BCUT2D eigenvalue weighted by Gasteiger charge is 2.45. The number of carbonyl (C=O) groups is 2. The van der Waals surface area contributed by atoms with Gasteiger partial charge in [-0.3, -0.25) is 9.59 Å². The quantitative estimate of drug-likeness (QED) is 0.466. The molecule has 0 aliphatic carbocycles. The van der Waals surface area contributed by atoms with E-state index in [2.05, 4.69) is 40.1 Å². The summed E-state index contributed by atoms with van der Waals surface area (Å²) < 4.78 is 0. The van der Waals surface area contributed by atoms with Crippen molar-refractivity contribution in [2.24, 2.45) is 0 Å². The van der Waals surface area contributed by atoms with Crippen LogP contribution in [0.4, 0.5) is 0 Å². The molecule has 0 saturated carbocycles. The summed E-state index contributed by atoms with van der Waals surface area (Å²) in [5.74, 6) is -0.608. The molecule has 3 aromatic rings. The average Bonchev–Trinajstić information content (AvgIpc) is 2.93. The monoisotopic (exact) mass is 510 g/mol. The summed E-state index contributed by atoms with van der Waals surface area (Å²) in [7, 11) is 0. The van der Waals surface area contributed by atoms with Crippen LogP contribution in [0.3, 0.4) is 0 Å². The van der Waals surface area contributed by atoms with Crippen molar-refractivity contribution < 1.29 is 14.7 Å². The lowest BCUT2D eigenvalue weighted by atomic mass is 9.72. The number of carbonyl (C=O) groups excluding carboxylic acids is 1. The number of amides is 1. The molecule has 2 heterocycles. The zero-order chi connectivity index (χ0) is 26.7. The van der Waals surface area contributed by atoms with Gasteiger partial charge in [0.25, 0.3) is 5.91 Å². The van der Waals surface area contributed by atoms with E-state index >= 15 is 0 Å². The number of benzene rings is 3. The molecule has 2 saturated heterocycles. The highest BCUT2D eigenvalue weighted by Crippen LogP contribution is 2.38. The van der Waals surface area contributed by atoms with Crippen molar-refractivity contribution in [2.75, 3.05) is 19.6 Å². The number of aliphatic carboxylic acids is 1. The lowest BCUT2D eigenvalue weighted by Gasteiger charge is -2.47. The predicted octanol–water partition coefficient (Wildman–Crippen LogP) is 5.64. The Morgan fingerprint density at radius 3 is 2.08 bits per heavy atom. The van der Waals surface area contributed by atoms with Crippen molar-refractivity contribution in [1.29, 1.82) is 0 Å². The van der Waals surface area contributed by atoms with Gasteiger partial charge in [0.1, 0.15) is 0 Å². The Morgan fingerprint density at radius 2 is 1.47 bits per heavy atom. The van der Waals surface area contributed by atoms with E-state index in [0.717, 1.165) is 54.6 Å². The zero-order valence-electron chi connectivity index (χ0n) is 22.5. The van der Waals surface area contributed by atoms with E-state index in [0.29, 0.717) is 25.4 Å². The molecule has 38 heavy (non-hydrogen) atoms. The van der Waals surface area contributed by atoms with Crippen LogP contribution < -0.4 is 0 Å². The van der Waals surface area contributed by atoms with Crippen LogP contribution in [-0.4, -0.2) is 58.5 Å². The Hall–Kier alpha value is -3.44. The predicted molar refractivity (Wildman–Crippen MR) is 150 cm³/mol. The lowest BCUT2D eigenvalue weighted by molar-refractivity contribution is -0.146. The molecule has 1 amide bonds. The van der Waals surface area contributed by atoms with Crippen LogP contribution in [0.5, 0.6) is 0 Å². The van der Waals surface area contributed by atoms with E-state index in [1.807, 2.05) is 62.4 Å². The van der Waals surface area contributed by atoms with Crippen LogP contribution >= 0.6 is 0 Å². The summed E-state index contributed by atoms with van der Waals surface area (Å²) >= 11 is 0. The summed E-state index contributed by atoms with van der Waals surface area (Å²) in [5.41, 5.74) is 4.31. The first-order valence-corrected chi connectivity index (χ1v) is 13.8. The topological polar surface area (TPSA) is 60.9 Å². The van der Waals surface area contributed by atoms with Crippen LogP contribution in [0.1, 0.15) is 58.3 Å². The standard InChI is InChI=1S/C33H38N2O3/c1-24-19-25(2)21-27(20-24)31(36)35-16-13-29(23-30(35)22-26-9-5-3-6-10-26)34-17-14-33(15-18-34,32(37)38)28-11-7-4-8-12-28/h3-12,19-21,29-30H,13-18,22-23H2,1-2H3,(H,37,38). The molecule has 0 radical (unpaired) electrons. The van der Waals surface area contributed by atoms with Gasteiger partial charge in [0.15, 0.2) is 0 Å². The molecule has 0 aromatic heterocycles. The second kappa shape index (κ2) is 11.1. The average molecular weight is 511 g/mol. The Kier molecular flexibility index (Phi) is 7.66. The van der Waals surface area contributed by atoms with Gasteiger partial charge in [-0.05, 0) is 82.3 Å². The molecule has 3 aromatic carbocycles. The van der Waals surface area contributed by atoms with Gasteiger partial charge >= 0.3 is 5.97 Å². The third kappa shape index (κ3) is 5.39. The van der Waals surface area contributed by atoms with Crippen LogP contribution in [0, 0.1) is 13.8 Å². The fraction of sp³-hybridized carbons (Fsp3) is 0.394. The summed E-state index contributed by atoms with van der Waals surface area (Å²) in [6.07, 6.45) is 3.85. The molecule has 198 valence electrons. The van der Waals surface area contributed by atoms with Gasteiger partial charge in [-0.15, -0.1) is 0 Å². The smallest absolute Gasteiger partial charge is 0.314 e. The SMILES string of the molecule is Cc1cc(C)cc(C(=O)N2CCC(N3CCC(C(=O)O)(c4ccccc4)CC3)CC2Cc2ccccc2)c1. The second-order valence-electron chi connectivity index (χ2n) is 11.2. The van der Waals surface area contributed by atoms with Crippen LogP contribution in [-0.2, 0) is 16.6 Å². The Balaban J connectivity index is 1.34. The fourth-order valence-electron chi connectivity index (χ4n) is 6.63. The van der Waals surface area contributed by atoms with Crippen LogP contribution in [0.15, 0.2) is 78.9 Å². The first-order valence-electron chi connectivity index (χ1n) is 13.8. The van der Waals surface area contributed by atoms with Crippen molar-refractivity contribution in [2.45, 2.75) is 63.5 Å². The first kappa shape index (κ1) is 26.2. The van der Waals surface area contributed by atoms with Gasteiger partial charge in [0.05, 0.1) is 5.41 Å². The zero-order valence-corrected chi connectivity index (χ0v) is 22.5. The normalized spacial score (nSPS) is 21.7. The minimum absolute atomic E-state index is 0.102. The summed E-state index contributed by atoms with van der Waals surface area (Å²) in [4.78, 5) is 30.8. The largest absolute Gasteiger partial charge is 0.481 e. The van der Waals surface area contributed by atoms with Crippen molar-refractivity contribution in [3.8, 4) is 0 Å². The van der Waals surface area contributed by atoms with E-state index in [1.165, 1.54) is 5.56 Å². The number of aryl methyl sites for hydroxylation is 2. The van der Waals surface area contributed by atoms with Gasteiger partial charge < -0.3 is 14.9 Å². The molecule has 1 N–H and O–H groups in total. The molecule has 2 atom stereocenters. The van der Waals surface area contributed by atoms with Crippen molar-refractivity contribution in [3.05, 3.63) is 107 Å². The van der Waals surface area contributed by atoms with Crippen LogP contribution in [0.25, 0.3) is 0 Å². The summed E-state index contributed by atoms with van der Waals surface area (Å²) in [6.45, 7) is 6.32. The Morgan fingerprint density at radius 1 is 0.868 bits per heavy atom. The summed E-state index contributed by atoms with van der Waals surface area (Å²) in [5, 5.41) is 10.2. The van der Waals surface area contributed by atoms with E-state index in [9.17, 15) is 14.7 Å². The summed E-state index contributed by atoms with van der Waals surface area (Å²) in [6, 6.07) is 26.7. The van der Waals surface area contributed by atoms with Gasteiger partial charge in [0.2, 0.25) is 0 Å². The lowest BCUT2D eigenvalue weighted by Crippen LogP contribution is -2.56. The van der Waals surface area contributed by atoms with Gasteiger partial charge in [-0.1, -0.05) is 77.9 Å². The van der Waals surface area contributed by atoms with Gasteiger partial charge in [0, 0.05) is 24.2 Å². The maximum absolute atomic E-state index is 13.8. The van der Waals surface area contributed by atoms with Gasteiger partial charge in [-0.2, -0.15) is 0 Å². The number of likely N-dealkylation sites (tertiary alicyclic amines) is 2. The maximum Gasteiger partial charge on any atom is 0.314 e. The number of piperidine rings is 2. The fourth-order valence-corrected chi connectivity index (χ4v) is 6.63. The molecule has 0 spiro atoms. The highest BCUT2D eigenvalue weighted by molar-refractivity contribution is 5.95. The molecule has 5 rings (SSSR count). The van der Waals surface area contributed by atoms with E-state index < -0.39 is 11.4 Å². The number of hydrogen-bond donors (Lipinski definition) is 1. The van der Waals surface area contributed by atoms with Gasteiger partial charge in [-0.25, -0.2) is 0 Å². The molecule has 2 aliphatic heterocycles. The molecular formula is C33H38N2O3. The molecule has 0 bridgehead atoms. The number of carboxylic acids is 1. The molecule has 5 heteroatoms. The van der Waals surface area contributed by atoms with Crippen LogP contribution in [0.2, 0.25) is 0 Å². The number of rotatable bonds is 6. The Bertz CT molecular complexity index is 1250. The molecular weight excluding hydrogens is 472 g/mol. The first-order chi connectivity index (χ1) is 18.4. The van der Waals surface area contributed by atoms with E-state index in [-0.39, 0.29) is 11.9 Å². The second-order valence-corrected chi connectivity index (χ2v) is 11.2. The molecule has 2 fully saturated rings. The number of hydrogen-bond acceptors (Lipinski definition) is 3. The number of nitrogens with zero attached hydrogens (tertiary/aromatic N) is 2. The minimum atomic E-state index is -0.819. The van der Waals surface area contributed by atoms with Crippen molar-refractivity contribution in [3.63, 3.8) is 0 Å². The Labute approximate surface area is 226 Å². The van der Waals surface area contributed by atoms with E-state index in [1.54, 1.807) is 0 Å². The highest BCUT2D eigenvalue weighted by atomic mass is 16.4.